The summed E-state index contributed by atoms with van der Waals surface area (Å²) in [6.07, 6.45) is 4.23. The van der Waals surface area contributed by atoms with Crippen LogP contribution >= 0.6 is 15.9 Å². The zero-order chi connectivity index (χ0) is 13.9. The van der Waals surface area contributed by atoms with E-state index < -0.39 is 0 Å². The maximum absolute atomic E-state index is 5.68. The van der Waals surface area contributed by atoms with Crippen LogP contribution in [-0.2, 0) is 0 Å². The molecule has 3 rings (SSSR count). The van der Waals surface area contributed by atoms with Crippen LogP contribution in [0.3, 0.4) is 0 Å². The van der Waals surface area contributed by atoms with E-state index >= 15 is 0 Å². The van der Waals surface area contributed by atoms with Gasteiger partial charge >= 0.3 is 0 Å². The van der Waals surface area contributed by atoms with Gasteiger partial charge in [0.15, 0.2) is 0 Å². The molecule has 0 unspecified atom stereocenters. The van der Waals surface area contributed by atoms with E-state index in [-0.39, 0.29) is 0 Å². The number of nitrogens with zero attached hydrogens (tertiary/aromatic N) is 2. The van der Waals surface area contributed by atoms with Crippen LogP contribution in [-0.4, -0.2) is 18.1 Å². The van der Waals surface area contributed by atoms with Crippen molar-refractivity contribution in [1.82, 2.24) is 4.98 Å². The first-order valence-electron chi connectivity index (χ1n) is 6.75. The Hall–Kier alpha value is -1.75. The third kappa shape index (κ3) is 2.88. The van der Waals surface area contributed by atoms with Crippen LogP contribution in [0.2, 0.25) is 0 Å². The van der Waals surface area contributed by atoms with Crippen molar-refractivity contribution >= 4 is 38.8 Å². The summed E-state index contributed by atoms with van der Waals surface area (Å²) in [5.74, 6) is 0.771. The molecule has 2 heterocycles. The monoisotopic (exact) mass is 332 g/mol. The number of anilines is 4. The SMILES string of the molecule is Nc1cnc(Nc2ccc(N3CCCC3)cc2)c(Br)c1. The molecule has 104 valence electrons. The molecule has 0 aliphatic carbocycles. The van der Waals surface area contributed by atoms with Gasteiger partial charge in [-0.15, -0.1) is 0 Å². The summed E-state index contributed by atoms with van der Waals surface area (Å²) in [7, 11) is 0. The van der Waals surface area contributed by atoms with Gasteiger partial charge in [-0.25, -0.2) is 4.98 Å². The van der Waals surface area contributed by atoms with Gasteiger partial charge in [0, 0.05) is 24.5 Å². The Balaban J connectivity index is 1.74. The molecule has 5 heteroatoms. The summed E-state index contributed by atoms with van der Waals surface area (Å²) >= 11 is 3.46. The van der Waals surface area contributed by atoms with Crippen LogP contribution in [0, 0.1) is 0 Å². The predicted octanol–water partition coefficient (Wildman–Crippen LogP) is 3.77. The molecule has 4 nitrogen and oxygen atoms in total. The van der Waals surface area contributed by atoms with Crippen LogP contribution in [0.4, 0.5) is 22.9 Å². The minimum atomic E-state index is 0.645. The van der Waals surface area contributed by atoms with Gasteiger partial charge in [-0.1, -0.05) is 0 Å². The Labute approximate surface area is 127 Å². The van der Waals surface area contributed by atoms with Crippen molar-refractivity contribution in [2.24, 2.45) is 0 Å². The van der Waals surface area contributed by atoms with E-state index in [1.54, 1.807) is 6.20 Å². The van der Waals surface area contributed by atoms with Gasteiger partial charge in [-0.2, -0.15) is 0 Å². The highest BCUT2D eigenvalue weighted by atomic mass is 79.9. The summed E-state index contributed by atoms with van der Waals surface area (Å²) in [4.78, 5) is 6.70. The molecule has 3 N–H and O–H groups in total. The normalized spacial score (nSPS) is 14.6. The van der Waals surface area contributed by atoms with Gasteiger partial charge < -0.3 is 16.0 Å². The number of nitrogens with two attached hydrogens (primary N) is 1. The molecule has 1 aliphatic heterocycles. The quantitative estimate of drug-likeness (QED) is 0.898. The van der Waals surface area contributed by atoms with E-state index in [0.717, 1.165) is 29.1 Å². The van der Waals surface area contributed by atoms with Gasteiger partial charge in [0.2, 0.25) is 0 Å². The Bertz CT molecular complexity index is 591. The van der Waals surface area contributed by atoms with E-state index in [1.807, 2.05) is 6.07 Å². The van der Waals surface area contributed by atoms with Crippen LogP contribution in [0.5, 0.6) is 0 Å². The fourth-order valence-corrected chi connectivity index (χ4v) is 2.88. The molecule has 0 atom stereocenters. The fourth-order valence-electron chi connectivity index (χ4n) is 2.41. The molecule has 2 aromatic rings. The lowest BCUT2D eigenvalue weighted by molar-refractivity contribution is 0.949. The van der Waals surface area contributed by atoms with Crippen molar-refractivity contribution in [2.45, 2.75) is 12.8 Å². The molecule has 0 spiro atoms. The molecular formula is C15H17BrN4. The number of hydrogen-bond acceptors (Lipinski definition) is 4. The number of halogens is 1. The maximum Gasteiger partial charge on any atom is 0.144 e. The van der Waals surface area contributed by atoms with Crippen molar-refractivity contribution in [3.05, 3.63) is 41.0 Å². The lowest BCUT2D eigenvalue weighted by Gasteiger charge is -2.18. The van der Waals surface area contributed by atoms with Crippen LogP contribution < -0.4 is 16.0 Å². The zero-order valence-electron chi connectivity index (χ0n) is 11.1. The lowest BCUT2D eigenvalue weighted by atomic mass is 10.2. The van der Waals surface area contributed by atoms with Gasteiger partial charge in [0.25, 0.3) is 0 Å². The number of nitrogen functional groups attached to an aromatic ring is 1. The van der Waals surface area contributed by atoms with E-state index in [9.17, 15) is 0 Å². The van der Waals surface area contributed by atoms with Gasteiger partial charge in [0.05, 0.1) is 16.4 Å². The Morgan fingerprint density at radius 1 is 1.15 bits per heavy atom. The molecule has 1 fully saturated rings. The number of hydrogen-bond donors (Lipinski definition) is 2. The van der Waals surface area contributed by atoms with Crippen molar-refractivity contribution in [1.29, 1.82) is 0 Å². The molecule has 1 aromatic carbocycles. The summed E-state index contributed by atoms with van der Waals surface area (Å²) < 4.78 is 0.862. The molecule has 1 aromatic heterocycles. The van der Waals surface area contributed by atoms with Crippen molar-refractivity contribution in [2.75, 3.05) is 29.0 Å². The molecular weight excluding hydrogens is 316 g/mol. The molecule has 0 bridgehead atoms. The number of rotatable bonds is 3. The standard InChI is InChI=1S/C15H17BrN4/c16-14-9-11(17)10-18-15(14)19-12-3-5-13(6-4-12)20-7-1-2-8-20/h3-6,9-10H,1-2,7-8,17H2,(H,18,19). The second kappa shape index (κ2) is 5.71. The number of benzene rings is 1. The Morgan fingerprint density at radius 3 is 2.50 bits per heavy atom. The van der Waals surface area contributed by atoms with Gasteiger partial charge in [0.1, 0.15) is 5.82 Å². The Kier molecular flexibility index (Phi) is 3.78. The van der Waals surface area contributed by atoms with Crippen molar-refractivity contribution in [3.8, 4) is 0 Å². The second-order valence-corrected chi connectivity index (χ2v) is 5.82. The molecule has 0 amide bonds. The number of nitrogens with one attached hydrogen (secondary N) is 1. The summed E-state index contributed by atoms with van der Waals surface area (Å²) in [6.45, 7) is 2.33. The third-order valence-electron chi connectivity index (χ3n) is 3.46. The predicted molar refractivity (Wildman–Crippen MR) is 87.5 cm³/mol. The zero-order valence-corrected chi connectivity index (χ0v) is 12.7. The highest BCUT2D eigenvalue weighted by Gasteiger charge is 2.11. The summed E-state index contributed by atoms with van der Waals surface area (Å²) in [5, 5.41) is 3.29. The molecule has 0 radical (unpaired) electrons. The van der Waals surface area contributed by atoms with Gasteiger partial charge in [-0.05, 0) is 59.1 Å². The lowest BCUT2D eigenvalue weighted by Crippen LogP contribution is -2.17. The van der Waals surface area contributed by atoms with Gasteiger partial charge in [-0.3, -0.25) is 0 Å². The Morgan fingerprint density at radius 2 is 1.85 bits per heavy atom. The van der Waals surface area contributed by atoms with Crippen LogP contribution in [0.15, 0.2) is 41.0 Å². The molecule has 1 saturated heterocycles. The van der Waals surface area contributed by atoms with Crippen molar-refractivity contribution < 1.29 is 0 Å². The number of pyridine rings is 1. The topological polar surface area (TPSA) is 54.2 Å². The molecule has 20 heavy (non-hydrogen) atoms. The van der Waals surface area contributed by atoms with E-state index in [1.165, 1.54) is 18.5 Å². The fraction of sp³-hybridized carbons (Fsp3) is 0.267. The molecule has 0 saturated carbocycles. The van der Waals surface area contributed by atoms with E-state index in [2.05, 4.69) is 55.4 Å². The maximum atomic E-state index is 5.68. The van der Waals surface area contributed by atoms with E-state index in [0.29, 0.717) is 5.69 Å². The minimum Gasteiger partial charge on any atom is -0.397 e. The average Bonchev–Trinajstić information content (AvgIpc) is 2.97. The number of aromatic nitrogens is 1. The first kappa shape index (κ1) is 13.2. The first-order valence-corrected chi connectivity index (χ1v) is 7.55. The summed E-state index contributed by atoms with van der Waals surface area (Å²) in [6, 6.07) is 10.3. The van der Waals surface area contributed by atoms with Crippen molar-refractivity contribution in [3.63, 3.8) is 0 Å². The van der Waals surface area contributed by atoms with E-state index in [4.69, 9.17) is 5.73 Å². The first-order chi connectivity index (χ1) is 9.72. The van der Waals surface area contributed by atoms with Crippen LogP contribution in [0.1, 0.15) is 12.8 Å². The average molecular weight is 333 g/mol. The smallest absolute Gasteiger partial charge is 0.144 e. The minimum absolute atomic E-state index is 0.645. The second-order valence-electron chi connectivity index (χ2n) is 4.97. The highest BCUT2D eigenvalue weighted by molar-refractivity contribution is 9.10. The summed E-state index contributed by atoms with van der Waals surface area (Å²) in [5.41, 5.74) is 8.64. The molecule has 1 aliphatic rings. The highest BCUT2D eigenvalue weighted by Crippen LogP contribution is 2.27. The van der Waals surface area contributed by atoms with Crippen LogP contribution in [0.25, 0.3) is 0 Å². The third-order valence-corrected chi connectivity index (χ3v) is 4.07. The largest absolute Gasteiger partial charge is 0.397 e.